The van der Waals surface area contributed by atoms with Gasteiger partial charge in [-0.3, -0.25) is 0 Å². The number of ether oxygens (including phenoxy) is 2. The van der Waals surface area contributed by atoms with E-state index in [0.29, 0.717) is 23.8 Å². The van der Waals surface area contributed by atoms with Crippen LogP contribution in [0.25, 0.3) is 0 Å². The molecule has 0 amide bonds. The summed E-state index contributed by atoms with van der Waals surface area (Å²) in [6, 6.07) is 0. The molecule has 126 valence electrons. The minimum Gasteiger partial charge on any atom is -0.462 e. The third kappa shape index (κ3) is 8.12. The third-order valence-corrected chi connectivity index (χ3v) is 3.70. The lowest BCUT2D eigenvalue weighted by molar-refractivity contribution is -0.140. The summed E-state index contributed by atoms with van der Waals surface area (Å²) in [6.45, 7) is 6.26. The molecule has 0 saturated heterocycles. The molecule has 0 spiro atoms. The highest BCUT2D eigenvalue weighted by atomic mass is 32.2. The van der Waals surface area contributed by atoms with Gasteiger partial charge in [-0.25, -0.2) is 9.59 Å². The predicted molar refractivity (Wildman–Crippen MR) is 90.5 cm³/mol. The molecule has 0 N–H and O–H groups in total. The summed E-state index contributed by atoms with van der Waals surface area (Å²) < 4.78 is 10.1. The summed E-state index contributed by atoms with van der Waals surface area (Å²) in [5.74, 6) is 0.0680. The van der Waals surface area contributed by atoms with Crippen LogP contribution in [-0.4, -0.2) is 49.9 Å². The Bertz CT molecular complexity index is 416. The normalized spacial score (nSPS) is 12.0. The highest BCUT2D eigenvalue weighted by Gasteiger charge is 2.14. The molecule has 0 atom stereocenters. The van der Waals surface area contributed by atoms with E-state index in [-0.39, 0.29) is 5.97 Å². The zero-order chi connectivity index (χ0) is 17.0. The summed E-state index contributed by atoms with van der Waals surface area (Å²) in [5, 5.41) is 0. The molecule has 0 aliphatic heterocycles. The van der Waals surface area contributed by atoms with Gasteiger partial charge in [0, 0.05) is 14.1 Å². The molecule has 0 aromatic rings. The van der Waals surface area contributed by atoms with E-state index in [2.05, 4.69) is 6.92 Å². The van der Waals surface area contributed by atoms with Gasteiger partial charge in [0.1, 0.15) is 5.70 Å². The minimum absolute atomic E-state index is 0.309. The van der Waals surface area contributed by atoms with Gasteiger partial charge >= 0.3 is 11.9 Å². The summed E-state index contributed by atoms with van der Waals surface area (Å²) >= 11 is 1.44. The summed E-state index contributed by atoms with van der Waals surface area (Å²) in [5.41, 5.74) is 0.389. The molecular weight excluding hydrogens is 302 g/mol. The van der Waals surface area contributed by atoms with Gasteiger partial charge < -0.3 is 14.4 Å². The zero-order valence-electron chi connectivity index (χ0n) is 14.2. The van der Waals surface area contributed by atoms with E-state index >= 15 is 0 Å². The van der Waals surface area contributed by atoms with E-state index in [4.69, 9.17) is 9.47 Å². The van der Waals surface area contributed by atoms with Crippen molar-refractivity contribution in [1.29, 1.82) is 0 Å². The van der Waals surface area contributed by atoms with Crippen LogP contribution >= 0.6 is 11.8 Å². The molecule has 0 rings (SSSR count). The van der Waals surface area contributed by atoms with Gasteiger partial charge in [0.2, 0.25) is 0 Å². The van der Waals surface area contributed by atoms with Gasteiger partial charge in [-0.05, 0) is 38.2 Å². The van der Waals surface area contributed by atoms with Gasteiger partial charge in [-0.15, -0.1) is 11.8 Å². The first-order valence-corrected chi connectivity index (χ1v) is 8.52. The Balaban J connectivity index is 5.20. The fraction of sp³-hybridized carbons (Fsp3) is 0.625. The maximum Gasteiger partial charge on any atom is 0.354 e. The first-order valence-electron chi connectivity index (χ1n) is 7.54. The van der Waals surface area contributed by atoms with Crippen LogP contribution in [0, 0.1) is 0 Å². The Labute approximate surface area is 137 Å². The summed E-state index contributed by atoms with van der Waals surface area (Å²) in [4.78, 5) is 26.0. The molecular formula is C16H27NO4S. The number of carbonyl (C=O) groups is 2. The standard InChI is InChI=1S/C16H27NO4S/c1-6-9-12-22-14(16(19)21-8-3)11-10-13(17(4)5)15(18)20-7-2/h10-11H,6-9,12H2,1-5H3/b13-10-,14-11-. The maximum absolute atomic E-state index is 11.9. The molecule has 0 heterocycles. The molecule has 5 nitrogen and oxygen atoms in total. The average molecular weight is 329 g/mol. The Morgan fingerprint density at radius 3 is 2.09 bits per heavy atom. The molecule has 0 fully saturated rings. The smallest absolute Gasteiger partial charge is 0.354 e. The molecule has 22 heavy (non-hydrogen) atoms. The second kappa shape index (κ2) is 12.1. The monoisotopic (exact) mass is 329 g/mol. The molecule has 0 aromatic carbocycles. The van der Waals surface area contributed by atoms with E-state index in [9.17, 15) is 9.59 Å². The van der Waals surface area contributed by atoms with Crippen molar-refractivity contribution in [2.45, 2.75) is 33.6 Å². The fourth-order valence-corrected chi connectivity index (χ4v) is 2.46. The van der Waals surface area contributed by atoms with E-state index in [1.54, 1.807) is 45.0 Å². The van der Waals surface area contributed by atoms with Crippen molar-refractivity contribution < 1.29 is 19.1 Å². The SMILES string of the molecule is CCCCS/C(=C\C=C(\C(=O)OCC)N(C)C)C(=O)OCC. The number of hydrogen-bond donors (Lipinski definition) is 0. The van der Waals surface area contributed by atoms with Crippen molar-refractivity contribution in [3.05, 3.63) is 22.8 Å². The molecule has 0 bridgehead atoms. The Morgan fingerprint density at radius 2 is 1.59 bits per heavy atom. The van der Waals surface area contributed by atoms with Gasteiger partial charge in [0.15, 0.2) is 0 Å². The van der Waals surface area contributed by atoms with E-state index in [0.717, 1.165) is 18.6 Å². The molecule has 0 aliphatic carbocycles. The summed E-state index contributed by atoms with van der Waals surface area (Å²) in [6.07, 6.45) is 5.31. The van der Waals surface area contributed by atoms with Crippen molar-refractivity contribution in [2.24, 2.45) is 0 Å². The number of likely N-dealkylation sites (N-methyl/N-ethyl adjacent to an activating group) is 1. The van der Waals surface area contributed by atoms with Gasteiger partial charge in [0.25, 0.3) is 0 Å². The molecule has 0 radical (unpaired) electrons. The number of esters is 2. The number of rotatable bonds is 10. The Kier molecular flexibility index (Phi) is 11.4. The quantitative estimate of drug-likeness (QED) is 0.266. The van der Waals surface area contributed by atoms with Crippen molar-refractivity contribution in [3.63, 3.8) is 0 Å². The molecule has 0 saturated carbocycles. The second-order valence-electron chi connectivity index (χ2n) is 4.62. The molecule has 0 unspecified atom stereocenters. The first-order chi connectivity index (χ1) is 10.5. The predicted octanol–water partition coefficient (Wildman–Crippen LogP) is 2.98. The molecule has 6 heteroatoms. The number of thioether (sulfide) groups is 1. The lowest BCUT2D eigenvalue weighted by atomic mass is 10.3. The average Bonchev–Trinajstić information content (AvgIpc) is 2.45. The maximum atomic E-state index is 11.9. The number of unbranched alkanes of at least 4 members (excludes halogenated alkanes) is 1. The van der Waals surface area contributed by atoms with E-state index in [1.807, 2.05) is 0 Å². The molecule has 0 aromatic heterocycles. The van der Waals surface area contributed by atoms with Gasteiger partial charge in [-0.1, -0.05) is 13.3 Å². The van der Waals surface area contributed by atoms with Crippen LogP contribution in [0.2, 0.25) is 0 Å². The van der Waals surface area contributed by atoms with Crippen LogP contribution in [0.3, 0.4) is 0 Å². The summed E-state index contributed by atoms with van der Waals surface area (Å²) in [7, 11) is 3.51. The third-order valence-electron chi connectivity index (χ3n) is 2.59. The van der Waals surface area contributed by atoms with Crippen molar-refractivity contribution in [2.75, 3.05) is 33.1 Å². The van der Waals surface area contributed by atoms with Crippen molar-refractivity contribution >= 4 is 23.7 Å². The zero-order valence-corrected chi connectivity index (χ0v) is 15.0. The number of allylic oxidation sites excluding steroid dienone is 2. The van der Waals surface area contributed by atoms with Crippen molar-refractivity contribution in [3.8, 4) is 0 Å². The lowest BCUT2D eigenvalue weighted by Crippen LogP contribution is -2.21. The Hall–Kier alpha value is -1.43. The van der Waals surface area contributed by atoms with Gasteiger partial charge in [0.05, 0.1) is 18.1 Å². The highest BCUT2D eigenvalue weighted by molar-refractivity contribution is 8.03. The number of hydrogen-bond acceptors (Lipinski definition) is 6. The number of carbonyl (C=O) groups excluding carboxylic acids is 2. The first kappa shape index (κ1) is 20.6. The largest absolute Gasteiger partial charge is 0.462 e. The van der Waals surface area contributed by atoms with E-state index in [1.165, 1.54) is 11.8 Å². The van der Waals surface area contributed by atoms with Crippen LogP contribution in [0.15, 0.2) is 22.8 Å². The van der Waals surface area contributed by atoms with Gasteiger partial charge in [-0.2, -0.15) is 0 Å². The molecule has 0 aliphatic rings. The number of nitrogens with zero attached hydrogens (tertiary/aromatic N) is 1. The van der Waals surface area contributed by atoms with Crippen molar-refractivity contribution in [1.82, 2.24) is 4.90 Å². The van der Waals surface area contributed by atoms with Crippen LogP contribution in [0.4, 0.5) is 0 Å². The van der Waals surface area contributed by atoms with Crippen LogP contribution in [0.1, 0.15) is 33.6 Å². The Morgan fingerprint density at radius 1 is 1.00 bits per heavy atom. The van der Waals surface area contributed by atoms with Crippen LogP contribution in [0.5, 0.6) is 0 Å². The van der Waals surface area contributed by atoms with E-state index < -0.39 is 5.97 Å². The topological polar surface area (TPSA) is 55.8 Å². The second-order valence-corrected chi connectivity index (χ2v) is 5.76. The minimum atomic E-state index is -0.412. The lowest BCUT2D eigenvalue weighted by Gasteiger charge is -2.15. The highest BCUT2D eigenvalue weighted by Crippen LogP contribution is 2.20. The van der Waals surface area contributed by atoms with Crippen LogP contribution < -0.4 is 0 Å². The fourth-order valence-electron chi connectivity index (χ4n) is 1.46. The van der Waals surface area contributed by atoms with Crippen LogP contribution in [-0.2, 0) is 19.1 Å².